The predicted octanol–water partition coefficient (Wildman–Crippen LogP) is 4.24. The van der Waals surface area contributed by atoms with E-state index in [0.29, 0.717) is 54.9 Å². The lowest BCUT2D eigenvalue weighted by atomic mass is 9.77. The number of amides is 2. The number of methoxy groups -OCH3 is 1. The molecule has 0 saturated carbocycles. The molecule has 0 bridgehead atoms. The Morgan fingerprint density at radius 3 is 2.54 bits per heavy atom. The average Bonchev–Trinajstić information content (AvgIpc) is 3.59. The smallest absolute Gasteiger partial charge is 0.253 e. The van der Waals surface area contributed by atoms with E-state index in [4.69, 9.17) is 15.9 Å². The maximum Gasteiger partial charge on any atom is 0.253 e. The molecule has 0 aliphatic carbocycles. The Balaban J connectivity index is 1.15. The summed E-state index contributed by atoms with van der Waals surface area (Å²) in [5.74, 6) is 1.33. The van der Waals surface area contributed by atoms with Crippen LogP contribution in [-0.4, -0.2) is 64.6 Å². The van der Waals surface area contributed by atoms with E-state index in [1.54, 1.807) is 19.5 Å². The van der Waals surface area contributed by atoms with Crippen LogP contribution in [0.2, 0.25) is 0 Å². The van der Waals surface area contributed by atoms with Crippen LogP contribution in [0, 0.1) is 10.8 Å². The van der Waals surface area contributed by atoms with Gasteiger partial charge in [0, 0.05) is 78.5 Å². The highest BCUT2D eigenvalue weighted by molar-refractivity contribution is 6.09. The van der Waals surface area contributed by atoms with Gasteiger partial charge in [-0.15, -0.1) is 0 Å². The zero-order valence-corrected chi connectivity index (χ0v) is 22.8. The van der Waals surface area contributed by atoms with Gasteiger partial charge in [0.1, 0.15) is 11.6 Å². The summed E-state index contributed by atoms with van der Waals surface area (Å²) in [6, 6.07) is 14.8. The number of nitrogens with two attached hydrogens (primary N) is 1. The zero-order valence-electron chi connectivity index (χ0n) is 22.8. The number of fused-ring (bicyclic) bond motifs is 1. The Bertz CT molecular complexity index is 1670. The summed E-state index contributed by atoms with van der Waals surface area (Å²) < 4.78 is 5.54. The van der Waals surface area contributed by atoms with Gasteiger partial charge in [0.15, 0.2) is 0 Å². The molecule has 41 heavy (non-hydrogen) atoms. The number of hydrogen-bond donors (Lipinski definition) is 3. The van der Waals surface area contributed by atoms with Crippen LogP contribution in [0.1, 0.15) is 35.2 Å². The Morgan fingerprint density at radius 1 is 1.07 bits per heavy atom. The minimum Gasteiger partial charge on any atom is -0.496 e. The van der Waals surface area contributed by atoms with E-state index in [1.165, 1.54) is 12.4 Å². The maximum atomic E-state index is 13.7. The molecule has 4 heterocycles. The number of nitrogens with zero attached hydrogens (tertiary/aromatic N) is 4. The van der Waals surface area contributed by atoms with Crippen molar-refractivity contribution >= 4 is 40.3 Å². The number of piperidine rings is 1. The first-order valence-corrected chi connectivity index (χ1v) is 13.6. The van der Waals surface area contributed by atoms with E-state index in [9.17, 15) is 9.59 Å². The van der Waals surface area contributed by atoms with Crippen molar-refractivity contribution in [2.75, 3.05) is 31.6 Å². The van der Waals surface area contributed by atoms with Crippen molar-refractivity contribution < 1.29 is 14.3 Å². The van der Waals surface area contributed by atoms with Gasteiger partial charge in [-0.2, -0.15) is 0 Å². The van der Waals surface area contributed by atoms with Crippen molar-refractivity contribution in [3.05, 3.63) is 78.3 Å². The first-order chi connectivity index (χ1) is 20.0. The van der Waals surface area contributed by atoms with Gasteiger partial charge in [0.25, 0.3) is 5.91 Å². The van der Waals surface area contributed by atoms with E-state index < -0.39 is 5.41 Å². The Morgan fingerprint density at radius 2 is 1.83 bits per heavy atom. The van der Waals surface area contributed by atoms with Crippen LogP contribution in [0.15, 0.2) is 67.1 Å². The molecule has 208 valence electrons. The van der Waals surface area contributed by atoms with Crippen LogP contribution >= 0.6 is 0 Å². The number of carbonyl (C=O) groups is 2. The highest BCUT2D eigenvalue weighted by Crippen LogP contribution is 2.44. The summed E-state index contributed by atoms with van der Waals surface area (Å²) in [5.41, 5.74) is 10.3. The first-order valence-electron chi connectivity index (χ1n) is 13.6. The molecule has 6 rings (SSSR count). The fourth-order valence-electron chi connectivity index (χ4n) is 5.94. The average molecular weight is 550 g/mol. The number of aromatic amines is 1. The topological polar surface area (TPSA) is 141 Å². The highest BCUT2D eigenvalue weighted by atomic mass is 16.5. The van der Waals surface area contributed by atoms with Gasteiger partial charge in [-0.05, 0) is 61.7 Å². The van der Waals surface area contributed by atoms with Crippen molar-refractivity contribution in [1.29, 1.82) is 5.41 Å². The third-order valence-electron chi connectivity index (χ3n) is 8.35. The standard InChI is InChI=1S/C31H31N7O3/c1-41-27-17-23(3-4-24(27)22(18-32)19-33)38-15-10-31(30(38)40)8-13-37(14-9-31)29(39)21-2-5-25-26(16-21)36-28(35-25)20-6-11-34-12-7-20/h2-7,11-12,16-19,32H,8-10,13-15,33H2,1H3,(H,35,36)/b22-19+,32-18?. The molecule has 10 heteroatoms. The van der Waals surface area contributed by atoms with Gasteiger partial charge < -0.3 is 30.7 Å². The second-order valence-electron chi connectivity index (χ2n) is 10.5. The Hall–Kier alpha value is -4.99. The quantitative estimate of drug-likeness (QED) is 0.307. The van der Waals surface area contributed by atoms with E-state index in [0.717, 1.165) is 34.5 Å². The van der Waals surface area contributed by atoms with Gasteiger partial charge in [-0.3, -0.25) is 14.6 Å². The maximum absolute atomic E-state index is 13.7. The summed E-state index contributed by atoms with van der Waals surface area (Å²) in [6.07, 6.45) is 7.96. The number of pyridine rings is 1. The predicted molar refractivity (Wildman–Crippen MR) is 158 cm³/mol. The molecule has 2 aliphatic rings. The monoisotopic (exact) mass is 549 g/mol. The molecule has 10 nitrogen and oxygen atoms in total. The number of anilines is 1. The van der Waals surface area contributed by atoms with Gasteiger partial charge in [-0.1, -0.05) is 0 Å². The second-order valence-corrected chi connectivity index (χ2v) is 10.5. The number of imidazole rings is 1. The molecule has 0 unspecified atom stereocenters. The molecule has 2 fully saturated rings. The zero-order chi connectivity index (χ0) is 28.6. The molecular formula is C31H31N7O3. The lowest BCUT2D eigenvalue weighted by Crippen LogP contribution is -2.46. The minimum atomic E-state index is -0.479. The van der Waals surface area contributed by atoms with Crippen LogP contribution in [0.5, 0.6) is 5.75 Å². The number of H-pyrrole nitrogens is 1. The third-order valence-corrected chi connectivity index (χ3v) is 8.35. The van der Waals surface area contributed by atoms with E-state index in [1.807, 2.05) is 58.3 Å². The molecule has 2 amide bonds. The molecule has 2 aromatic carbocycles. The van der Waals surface area contributed by atoms with E-state index in [-0.39, 0.29) is 11.8 Å². The number of benzene rings is 2. The normalized spacial score (nSPS) is 16.9. The van der Waals surface area contributed by atoms with Crippen molar-refractivity contribution in [3.8, 4) is 17.1 Å². The summed E-state index contributed by atoms with van der Waals surface area (Å²) in [7, 11) is 1.56. The number of allylic oxidation sites excluding steroid dienone is 1. The third kappa shape index (κ3) is 4.61. The number of rotatable bonds is 6. The lowest BCUT2D eigenvalue weighted by Gasteiger charge is -2.38. The number of hydrogen-bond acceptors (Lipinski definition) is 7. The molecule has 2 saturated heterocycles. The van der Waals surface area contributed by atoms with Crippen molar-refractivity contribution in [1.82, 2.24) is 19.9 Å². The van der Waals surface area contributed by atoms with Crippen LogP contribution in [0.25, 0.3) is 28.0 Å². The minimum absolute atomic E-state index is 0.0422. The van der Waals surface area contributed by atoms with Crippen LogP contribution in [0.3, 0.4) is 0 Å². The van der Waals surface area contributed by atoms with Crippen LogP contribution in [0.4, 0.5) is 5.69 Å². The molecule has 0 radical (unpaired) electrons. The van der Waals surface area contributed by atoms with Gasteiger partial charge in [0.2, 0.25) is 5.91 Å². The summed E-state index contributed by atoms with van der Waals surface area (Å²) >= 11 is 0. The molecule has 4 aromatic rings. The number of aromatic nitrogens is 3. The molecule has 2 aliphatic heterocycles. The first kappa shape index (κ1) is 26.2. The lowest BCUT2D eigenvalue weighted by molar-refractivity contribution is -0.127. The SMILES string of the molecule is COc1cc(N2CCC3(CCN(C(=O)c4ccc5nc(-c6ccncc6)[nH]c5c4)CC3)C2=O)ccc1/C(C=N)=C/N. The Labute approximate surface area is 237 Å². The Kier molecular flexibility index (Phi) is 6.74. The van der Waals surface area contributed by atoms with Gasteiger partial charge >= 0.3 is 0 Å². The summed E-state index contributed by atoms with van der Waals surface area (Å²) in [5, 5.41) is 7.59. The number of likely N-dealkylation sites (tertiary alicyclic amines) is 1. The van der Waals surface area contributed by atoms with Crippen LogP contribution in [-0.2, 0) is 4.79 Å². The fourth-order valence-corrected chi connectivity index (χ4v) is 5.94. The largest absolute Gasteiger partial charge is 0.496 e. The van der Waals surface area contributed by atoms with Gasteiger partial charge in [0.05, 0.1) is 23.6 Å². The molecule has 0 atom stereocenters. The number of nitrogens with one attached hydrogen (secondary N) is 2. The fraction of sp³-hybridized carbons (Fsp3) is 0.258. The van der Waals surface area contributed by atoms with Crippen molar-refractivity contribution in [2.24, 2.45) is 11.1 Å². The van der Waals surface area contributed by atoms with Crippen molar-refractivity contribution in [3.63, 3.8) is 0 Å². The number of carbonyl (C=O) groups excluding carboxylic acids is 2. The number of ether oxygens (including phenoxy) is 1. The highest BCUT2D eigenvalue weighted by Gasteiger charge is 2.49. The van der Waals surface area contributed by atoms with Crippen LogP contribution < -0.4 is 15.4 Å². The van der Waals surface area contributed by atoms with E-state index >= 15 is 0 Å². The molecule has 1 spiro atoms. The summed E-state index contributed by atoms with van der Waals surface area (Å²) in [6.45, 7) is 1.65. The summed E-state index contributed by atoms with van der Waals surface area (Å²) in [4.78, 5) is 42.8. The molecular weight excluding hydrogens is 518 g/mol. The molecule has 4 N–H and O–H groups in total. The second kappa shape index (κ2) is 10.5. The molecule has 2 aromatic heterocycles. The van der Waals surface area contributed by atoms with Crippen molar-refractivity contribution in [2.45, 2.75) is 19.3 Å². The van der Waals surface area contributed by atoms with Gasteiger partial charge in [-0.25, -0.2) is 4.98 Å². The van der Waals surface area contributed by atoms with E-state index in [2.05, 4.69) is 15.0 Å².